The number of nitrogens with one attached hydrogen (secondary N) is 1. The molecule has 6 heteroatoms. The van der Waals surface area contributed by atoms with Crippen LogP contribution in [0.5, 0.6) is 5.75 Å². The van der Waals surface area contributed by atoms with E-state index < -0.39 is 0 Å². The second-order valence-electron chi connectivity index (χ2n) is 3.60. The van der Waals surface area contributed by atoms with Crippen LogP contribution in [0, 0.1) is 0 Å². The minimum atomic E-state index is 0.441. The van der Waals surface area contributed by atoms with Gasteiger partial charge in [0.05, 0.1) is 6.61 Å². The van der Waals surface area contributed by atoms with E-state index in [1.807, 2.05) is 25.1 Å². The fourth-order valence-corrected chi connectivity index (χ4v) is 2.59. The molecule has 2 aromatic rings. The molecule has 2 rings (SSSR count). The van der Waals surface area contributed by atoms with Crippen molar-refractivity contribution in [1.29, 1.82) is 0 Å². The number of anilines is 2. The summed E-state index contributed by atoms with van der Waals surface area (Å²) in [5, 5.41) is 4.16. The van der Waals surface area contributed by atoms with Crippen LogP contribution in [0.1, 0.15) is 12.5 Å². The van der Waals surface area contributed by atoms with Gasteiger partial charge in [-0.3, -0.25) is 0 Å². The summed E-state index contributed by atoms with van der Waals surface area (Å²) in [6.45, 7) is 3.20. The lowest BCUT2D eigenvalue weighted by atomic mass is 10.2. The summed E-state index contributed by atoms with van der Waals surface area (Å²) in [6.07, 6.45) is 0. The molecule has 1 aromatic carbocycles. The van der Waals surface area contributed by atoms with Crippen LogP contribution in [-0.2, 0) is 6.54 Å². The third-order valence-electron chi connectivity index (χ3n) is 2.36. The van der Waals surface area contributed by atoms with Crippen LogP contribution in [0.4, 0.5) is 10.8 Å². The van der Waals surface area contributed by atoms with Crippen molar-refractivity contribution < 1.29 is 4.74 Å². The molecule has 0 spiro atoms. The fourth-order valence-electron chi connectivity index (χ4n) is 1.51. The van der Waals surface area contributed by atoms with Crippen LogP contribution in [-0.4, -0.2) is 11.0 Å². The molecule has 4 nitrogen and oxygen atoms in total. The summed E-state index contributed by atoms with van der Waals surface area (Å²) in [5.74, 6) is 1.09. The first-order valence-electron chi connectivity index (χ1n) is 5.57. The Morgan fingerprint density at radius 2 is 2.22 bits per heavy atom. The van der Waals surface area contributed by atoms with Crippen LogP contribution in [0.2, 0.25) is 0 Å². The topological polar surface area (TPSA) is 60.2 Å². The molecular weight excluding hydrogens is 314 g/mol. The Kier molecular flexibility index (Phi) is 4.43. The minimum absolute atomic E-state index is 0.441. The quantitative estimate of drug-likeness (QED) is 0.882. The maximum absolute atomic E-state index is 5.75. The minimum Gasteiger partial charge on any atom is -0.487 e. The summed E-state index contributed by atoms with van der Waals surface area (Å²) < 4.78 is 10.6. The van der Waals surface area contributed by atoms with Gasteiger partial charge in [0.15, 0.2) is 16.6 Å². The van der Waals surface area contributed by atoms with Crippen molar-refractivity contribution in [2.24, 2.45) is 0 Å². The third-order valence-corrected chi connectivity index (χ3v) is 3.93. The second-order valence-corrected chi connectivity index (χ2v) is 5.23. The maximum atomic E-state index is 5.75. The van der Waals surface area contributed by atoms with Gasteiger partial charge in [0, 0.05) is 11.0 Å². The molecule has 0 saturated heterocycles. The number of nitrogens with two attached hydrogens (primary N) is 1. The van der Waals surface area contributed by atoms with E-state index in [0.29, 0.717) is 24.7 Å². The molecule has 0 saturated carbocycles. The van der Waals surface area contributed by atoms with Crippen LogP contribution >= 0.6 is 27.5 Å². The van der Waals surface area contributed by atoms with Crippen molar-refractivity contribution in [3.8, 4) is 5.75 Å². The number of benzene rings is 1. The Balaban J connectivity index is 2.09. The number of rotatable bonds is 5. The lowest BCUT2D eigenvalue weighted by Gasteiger charge is -2.08. The Bertz CT molecular complexity index is 530. The smallest absolute Gasteiger partial charge is 0.197 e. The molecule has 0 bridgehead atoms. The predicted octanol–water partition coefficient (Wildman–Crippen LogP) is 3.50. The average molecular weight is 328 g/mol. The Morgan fingerprint density at radius 3 is 2.94 bits per heavy atom. The van der Waals surface area contributed by atoms with Gasteiger partial charge in [-0.2, -0.15) is 4.37 Å². The monoisotopic (exact) mass is 327 g/mol. The molecule has 0 unspecified atom stereocenters. The largest absolute Gasteiger partial charge is 0.487 e. The first-order valence-corrected chi connectivity index (χ1v) is 7.14. The highest BCUT2D eigenvalue weighted by Gasteiger charge is 2.12. The SMILES string of the molecule is CCOc1c(N)nsc1NCc1ccccc1Br. The molecule has 0 aliphatic carbocycles. The standard InChI is InChI=1S/C12H14BrN3OS/c1-2-17-10-11(14)16-18-12(10)15-7-8-5-3-4-6-9(8)13/h3-6,15H,2,7H2,1H3,(H2,14,16). The van der Waals surface area contributed by atoms with E-state index >= 15 is 0 Å². The zero-order chi connectivity index (χ0) is 13.0. The highest BCUT2D eigenvalue weighted by Crippen LogP contribution is 2.35. The van der Waals surface area contributed by atoms with Gasteiger partial charge < -0.3 is 15.8 Å². The molecular formula is C12H14BrN3OS. The molecule has 0 amide bonds. The zero-order valence-corrected chi connectivity index (χ0v) is 12.3. The lowest BCUT2D eigenvalue weighted by molar-refractivity contribution is 0.344. The van der Waals surface area contributed by atoms with Gasteiger partial charge in [0.25, 0.3) is 0 Å². The molecule has 1 aromatic heterocycles. The van der Waals surface area contributed by atoms with E-state index in [0.717, 1.165) is 9.47 Å². The van der Waals surface area contributed by atoms with E-state index in [4.69, 9.17) is 10.5 Å². The van der Waals surface area contributed by atoms with Crippen LogP contribution in [0.3, 0.4) is 0 Å². The Hall–Kier alpha value is -1.27. The van der Waals surface area contributed by atoms with Gasteiger partial charge in [-0.05, 0) is 30.1 Å². The lowest BCUT2D eigenvalue weighted by Crippen LogP contribution is -2.02. The van der Waals surface area contributed by atoms with Gasteiger partial charge in [-0.15, -0.1) is 0 Å². The first kappa shape index (κ1) is 13.2. The van der Waals surface area contributed by atoms with Gasteiger partial charge in [-0.1, -0.05) is 34.1 Å². The summed E-state index contributed by atoms with van der Waals surface area (Å²) in [5.41, 5.74) is 6.92. The van der Waals surface area contributed by atoms with Crippen molar-refractivity contribution in [2.75, 3.05) is 17.7 Å². The van der Waals surface area contributed by atoms with E-state index in [2.05, 4.69) is 31.7 Å². The van der Waals surface area contributed by atoms with Crippen LogP contribution < -0.4 is 15.8 Å². The number of aromatic nitrogens is 1. The van der Waals surface area contributed by atoms with Crippen molar-refractivity contribution in [2.45, 2.75) is 13.5 Å². The van der Waals surface area contributed by atoms with Crippen molar-refractivity contribution >= 4 is 38.3 Å². The maximum Gasteiger partial charge on any atom is 0.197 e. The van der Waals surface area contributed by atoms with Gasteiger partial charge in [-0.25, -0.2) is 0 Å². The number of nitrogen functional groups attached to an aromatic ring is 1. The highest BCUT2D eigenvalue weighted by molar-refractivity contribution is 9.10. The molecule has 0 fully saturated rings. The molecule has 96 valence electrons. The van der Waals surface area contributed by atoms with Crippen molar-refractivity contribution in [3.05, 3.63) is 34.3 Å². The number of hydrogen-bond donors (Lipinski definition) is 2. The fraction of sp³-hybridized carbons (Fsp3) is 0.250. The van der Waals surface area contributed by atoms with Crippen LogP contribution in [0.15, 0.2) is 28.7 Å². The average Bonchev–Trinajstić information content (AvgIpc) is 2.71. The second kappa shape index (κ2) is 6.06. The summed E-state index contributed by atoms with van der Waals surface area (Å²) in [7, 11) is 0. The summed E-state index contributed by atoms with van der Waals surface area (Å²) in [4.78, 5) is 0. The molecule has 1 heterocycles. The highest BCUT2D eigenvalue weighted by atomic mass is 79.9. The van der Waals surface area contributed by atoms with Crippen LogP contribution in [0.25, 0.3) is 0 Å². The van der Waals surface area contributed by atoms with Gasteiger partial charge in [0.2, 0.25) is 0 Å². The molecule has 3 N–H and O–H groups in total. The van der Waals surface area contributed by atoms with E-state index in [-0.39, 0.29) is 0 Å². The Labute approximate surface area is 118 Å². The zero-order valence-electron chi connectivity index (χ0n) is 9.94. The molecule has 0 aliphatic rings. The number of nitrogens with zero attached hydrogens (tertiary/aromatic N) is 1. The summed E-state index contributed by atoms with van der Waals surface area (Å²) in [6, 6.07) is 8.07. The summed E-state index contributed by atoms with van der Waals surface area (Å²) >= 11 is 4.83. The number of ether oxygens (including phenoxy) is 1. The molecule has 0 radical (unpaired) electrons. The van der Waals surface area contributed by atoms with E-state index in [1.165, 1.54) is 17.1 Å². The third kappa shape index (κ3) is 2.94. The first-order chi connectivity index (χ1) is 8.72. The molecule has 18 heavy (non-hydrogen) atoms. The Morgan fingerprint density at radius 1 is 1.44 bits per heavy atom. The molecule has 0 atom stereocenters. The van der Waals surface area contributed by atoms with E-state index in [1.54, 1.807) is 0 Å². The molecule has 0 aliphatic heterocycles. The van der Waals surface area contributed by atoms with Crippen molar-refractivity contribution in [3.63, 3.8) is 0 Å². The number of hydrogen-bond acceptors (Lipinski definition) is 5. The predicted molar refractivity (Wildman–Crippen MR) is 79.2 cm³/mol. The van der Waals surface area contributed by atoms with Gasteiger partial charge >= 0.3 is 0 Å². The number of halogens is 1. The van der Waals surface area contributed by atoms with Gasteiger partial charge in [0.1, 0.15) is 0 Å². The van der Waals surface area contributed by atoms with E-state index in [9.17, 15) is 0 Å². The van der Waals surface area contributed by atoms with Crippen molar-refractivity contribution in [1.82, 2.24) is 4.37 Å². The normalized spacial score (nSPS) is 10.3.